The van der Waals surface area contributed by atoms with Crippen molar-refractivity contribution in [3.8, 4) is 22.7 Å². The van der Waals surface area contributed by atoms with E-state index in [1.165, 1.54) is 5.56 Å². The first-order chi connectivity index (χ1) is 16.1. The third-order valence-corrected chi connectivity index (χ3v) is 6.85. The lowest BCUT2D eigenvalue weighted by molar-refractivity contribution is -0.00000894. The molecular formula is C30H34BrN2OS-. The molecule has 0 radical (unpaired) electrons. The van der Waals surface area contributed by atoms with Gasteiger partial charge >= 0.3 is 0 Å². The summed E-state index contributed by atoms with van der Waals surface area (Å²) in [7, 11) is 0. The number of hydrogen-bond donors (Lipinski definition) is 1. The van der Waals surface area contributed by atoms with E-state index in [2.05, 4.69) is 112 Å². The molecule has 0 aliphatic rings. The number of phenolic OH excluding ortho intramolecular Hbond substituents is 1. The summed E-state index contributed by atoms with van der Waals surface area (Å²) in [5, 5.41) is 13.4. The highest BCUT2D eigenvalue weighted by atomic mass is 79.9. The molecule has 0 spiro atoms. The third kappa shape index (κ3) is 5.96. The lowest BCUT2D eigenvalue weighted by atomic mass is 9.78. The number of nitrogens with zero attached hydrogens (tertiary/aromatic N) is 2. The zero-order chi connectivity index (χ0) is 24.5. The number of rotatable bonds is 4. The fourth-order valence-electron chi connectivity index (χ4n) is 4.12. The molecule has 0 unspecified atom stereocenters. The smallest absolute Gasteiger partial charge is 0.190 e. The molecule has 0 amide bonds. The van der Waals surface area contributed by atoms with Crippen LogP contribution in [0.4, 0.5) is 0 Å². The molecule has 1 N–H and O–H groups in total. The second kappa shape index (κ2) is 10.5. The van der Waals surface area contributed by atoms with Gasteiger partial charge in [-0.1, -0.05) is 90.1 Å². The van der Waals surface area contributed by atoms with Gasteiger partial charge < -0.3 is 22.1 Å². The van der Waals surface area contributed by atoms with Gasteiger partial charge in [0.1, 0.15) is 5.75 Å². The van der Waals surface area contributed by atoms with E-state index in [4.69, 9.17) is 4.99 Å². The molecule has 0 aliphatic carbocycles. The summed E-state index contributed by atoms with van der Waals surface area (Å²) in [6.45, 7) is 13.5. The average molecular weight is 551 g/mol. The van der Waals surface area contributed by atoms with E-state index in [0.717, 1.165) is 32.9 Å². The van der Waals surface area contributed by atoms with Crippen LogP contribution in [-0.2, 0) is 17.4 Å². The Balaban J connectivity index is 0.00000342. The predicted octanol–water partition coefficient (Wildman–Crippen LogP) is 4.61. The monoisotopic (exact) mass is 549 g/mol. The summed E-state index contributed by atoms with van der Waals surface area (Å²) in [5.74, 6) is 0.402. The molecule has 4 aromatic rings. The van der Waals surface area contributed by atoms with Gasteiger partial charge in [0.05, 0.1) is 12.2 Å². The Labute approximate surface area is 223 Å². The highest BCUT2D eigenvalue weighted by Crippen LogP contribution is 2.42. The summed E-state index contributed by atoms with van der Waals surface area (Å²) in [6, 6.07) is 25.0. The molecule has 4 rings (SSSR count). The van der Waals surface area contributed by atoms with Crippen molar-refractivity contribution in [1.82, 2.24) is 4.57 Å². The first kappa shape index (κ1) is 27.0. The SMILES string of the molecule is CC(C)(C)c1cc(-c2csc(=NCc3ccccc3)n2-c2ccccc2)cc(C(C)(C)C)c1O.[Br-]. The minimum absolute atomic E-state index is 0. The topological polar surface area (TPSA) is 37.5 Å². The van der Waals surface area contributed by atoms with Gasteiger partial charge in [-0.05, 0) is 40.7 Å². The number of benzene rings is 3. The van der Waals surface area contributed by atoms with Crippen LogP contribution >= 0.6 is 11.3 Å². The Morgan fingerprint density at radius 1 is 0.800 bits per heavy atom. The van der Waals surface area contributed by atoms with Gasteiger partial charge in [-0.3, -0.25) is 9.56 Å². The summed E-state index contributed by atoms with van der Waals surface area (Å²) in [5.41, 5.74) is 5.99. The summed E-state index contributed by atoms with van der Waals surface area (Å²) < 4.78 is 2.23. The number of para-hydroxylation sites is 1. The van der Waals surface area contributed by atoms with Gasteiger partial charge in [0.2, 0.25) is 0 Å². The van der Waals surface area contributed by atoms with Crippen molar-refractivity contribution in [3.63, 3.8) is 0 Å². The van der Waals surface area contributed by atoms with E-state index < -0.39 is 0 Å². The average Bonchev–Trinajstić information content (AvgIpc) is 3.21. The van der Waals surface area contributed by atoms with Crippen LogP contribution in [0.2, 0.25) is 0 Å². The standard InChI is InChI=1S/C30H34N2OS.BrH/c1-29(2,3)24-17-22(18-25(27(24)33)30(4,5)6)26-20-34-28(31-19-21-13-9-7-10-14-21)32(26)23-15-11-8-12-16-23;/h7-18,20,33H,19H2,1-6H3;1H/p-1. The van der Waals surface area contributed by atoms with Gasteiger partial charge in [0.25, 0.3) is 0 Å². The van der Waals surface area contributed by atoms with Crippen molar-refractivity contribution >= 4 is 11.3 Å². The Morgan fingerprint density at radius 3 is 1.83 bits per heavy atom. The molecule has 0 saturated carbocycles. The fourth-order valence-corrected chi connectivity index (χ4v) is 5.02. The molecule has 3 aromatic carbocycles. The normalized spacial score (nSPS) is 12.5. The maximum atomic E-state index is 11.2. The number of aromatic nitrogens is 1. The van der Waals surface area contributed by atoms with E-state index in [1.807, 2.05) is 12.1 Å². The zero-order valence-corrected chi connectivity index (χ0v) is 23.7. The largest absolute Gasteiger partial charge is 1.00 e. The van der Waals surface area contributed by atoms with Gasteiger partial charge in [-0.25, -0.2) is 0 Å². The second-order valence-corrected chi connectivity index (χ2v) is 11.6. The Kier molecular flexibility index (Phi) is 8.13. The Bertz CT molecular complexity index is 1310. The molecule has 0 fully saturated rings. The van der Waals surface area contributed by atoms with E-state index >= 15 is 0 Å². The van der Waals surface area contributed by atoms with E-state index in [-0.39, 0.29) is 27.8 Å². The van der Waals surface area contributed by atoms with Crippen LogP contribution in [0.3, 0.4) is 0 Å². The van der Waals surface area contributed by atoms with E-state index in [1.54, 1.807) is 11.3 Å². The molecule has 1 aromatic heterocycles. The van der Waals surface area contributed by atoms with Crippen molar-refractivity contribution in [1.29, 1.82) is 0 Å². The van der Waals surface area contributed by atoms with Gasteiger partial charge in [0, 0.05) is 27.8 Å². The van der Waals surface area contributed by atoms with Crippen molar-refractivity contribution in [3.05, 3.63) is 99.7 Å². The predicted molar refractivity (Wildman–Crippen MR) is 144 cm³/mol. The number of phenols is 1. The van der Waals surface area contributed by atoms with Crippen LogP contribution in [0, 0.1) is 0 Å². The highest BCUT2D eigenvalue weighted by molar-refractivity contribution is 7.07. The van der Waals surface area contributed by atoms with Crippen molar-refractivity contribution < 1.29 is 22.1 Å². The number of halogens is 1. The van der Waals surface area contributed by atoms with E-state index in [0.29, 0.717) is 12.3 Å². The van der Waals surface area contributed by atoms with Crippen LogP contribution in [0.25, 0.3) is 16.9 Å². The summed E-state index contributed by atoms with van der Waals surface area (Å²) in [6.07, 6.45) is 0. The molecule has 0 saturated heterocycles. The molecule has 0 aliphatic heterocycles. The maximum Gasteiger partial charge on any atom is 0.190 e. The summed E-state index contributed by atoms with van der Waals surface area (Å²) in [4.78, 5) is 5.94. The van der Waals surface area contributed by atoms with Crippen LogP contribution < -0.4 is 21.8 Å². The van der Waals surface area contributed by atoms with Gasteiger partial charge in [0.15, 0.2) is 4.80 Å². The number of aromatic hydroxyl groups is 1. The summed E-state index contributed by atoms with van der Waals surface area (Å²) >= 11 is 1.65. The van der Waals surface area contributed by atoms with Gasteiger partial charge in [-0.2, -0.15) is 0 Å². The molecule has 1 heterocycles. The fraction of sp³-hybridized carbons (Fsp3) is 0.300. The third-order valence-electron chi connectivity index (χ3n) is 5.98. The zero-order valence-electron chi connectivity index (χ0n) is 21.3. The quantitative estimate of drug-likeness (QED) is 0.396. The Hall–Kier alpha value is -2.63. The lowest BCUT2D eigenvalue weighted by Gasteiger charge is -2.28. The molecule has 184 valence electrons. The second-order valence-electron chi connectivity index (χ2n) is 10.8. The van der Waals surface area contributed by atoms with Crippen molar-refractivity contribution in [2.75, 3.05) is 0 Å². The minimum atomic E-state index is -0.186. The maximum absolute atomic E-state index is 11.2. The highest BCUT2D eigenvalue weighted by Gasteiger charge is 2.27. The van der Waals surface area contributed by atoms with Crippen molar-refractivity contribution in [2.24, 2.45) is 4.99 Å². The molecule has 5 heteroatoms. The molecule has 3 nitrogen and oxygen atoms in total. The minimum Gasteiger partial charge on any atom is -1.00 e. The van der Waals surface area contributed by atoms with Crippen LogP contribution in [-0.4, -0.2) is 9.67 Å². The van der Waals surface area contributed by atoms with Gasteiger partial charge in [-0.15, -0.1) is 11.3 Å². The lowest BCUT2D eigenvalue weighted by Crippen LogP contribution is -3.00. The molecule has 35 heavy (non-hydrogen) atoms. The van der Waals surface area contributed by atoms with E-state index in [9.17, 15) is 5.11 Å². The number of hydrogen-bond acceptors (Lipinski definition) is 3. The van der Waals surface area contributed by atoms with Crippen LogP contribution in [0.5, 0.6) is 5.75 Å². The first-order valence-corrected chi connectivity index (χ1v) is 12.6. The Morgan fingerprint density at radius 2 is 1.31 bits per heavy atom. The van der Waals surface area contributed by atoms with Crippen LogP contribution in [0.15, 0.2) is 83.2 Å². The van der Waals surface area contributed by atoms with Crippen molar-refractivity contribution in [2.45, 2.75) is 58.9 Å². The molecular weight excluding hydrogens is 516 g/mol. The first-order valence-electron chi connectivity index (χ1n) is 11.7. The molecule has 0 atom stereocenters. The number of thiazole rings is 1. The molecule has 0 bridgehead atoms. The van der Waals surface area contributed by atoms with Crippen LogP contribution in [0.1, 0.15) is 58.2 Å².